The number of nitrogens with zero attached hydrogens (tertiary/aromatic N) is 1. The molecular weight excluding hydrogens is 304 g/mol. The Hall–Kier alpha value is -2.79. The minimum atomic E-state index is -0.911. The van der Waals surface area contributed by atoms with E-state index in [4.69, 9.17) is 4.74 Å². The molecule has 0 atom stereocenters. The number of anilines is 1. The highest BCUT2D eigenvalue weighted by molar-refractivity contribution is 6.00. The van der Waals surface area contributed by atoms with E-state index in [1.165, 1.54) is 5.69 Å². The van der Waals surface area contributed by atoms with Crippen LogP contribution in [0, 0.1) is 0 Å². The van der Waals surface area contributed by atoms with Crippen molar-refractivity contribution in [3.8, 4) is 11.1 Å². The number of fused-ring (bicyclic) bond motifs is 1. The molecule has 24 heavy (non-hydrogen) atoms. The molecule has 5 heteroatoms. The first-order chi connectivity index (χ1) is 11.7. The molecule has 3 aromatic rings. The van der Waals surface area contributed by atoms with Crippen LogP contribution in [-0.2, 0) is 4.74 Å². The Morgan fingerprint density at radius 2 is 1.96 bits per heavy atom. The highest BCUT2D eigenvalue weighted by Crippen LogP contribution is 2.31. The molecule has 5 nitrogen and oxygen atoms in total. The van der Waals surface area contributed by atoms with E-state index in [9.17, 15) is 9.90 Å². The number of carboxylic acid groups (broad SMARTS) is 1. The third-order valence-corrected chi connectivity index (χ3v) is 4.46. The highest BCUT2D eigenvalue weighted by atomic mass is 16.5. The Kier molecular flexibility index (Phi) is 3.70. The fraction of sp³-hybridized carbons (Fsp3) is 0.211. The number of H-pyrrole nitrogens is 1. The van der Waals surface area contributed by atoms with Gasteiger partial charge in [-0.15, -0.1) is 0 Å². The number of carboxylic acids is 1. The normalized spacial score (nSPS) is 14.9. The van der Waals surface area contributed by atoms with Gasteiger partial charge in [0, 0.05) is 41.4 Å². The summed E-state index contributed by atoms with van der Waals surface area (Å²) in [6.07, 6.45) is 1.94. The van der Waals surface area contributed by atoms with Crippen molar-refractivity contribution >= 4 is 22.6 Å². The summed E-state index contributed by atoms with van der Waals surface area (Å²) < 4.78 is 5.41. The maximum atomic E-state index is 11.2. The van der Waals surface area contributed by atoms with Crippen molar-refractivity contribution in [2.45, 2.75) is 0 Å². The zero-order chi connectivity index (χ0) is 16.5. The summed E-state index contributed by atoms with van der Waals surface area (Å²) in [5.41, 5.74) is 4.50. The third kappa shape index (κ3) is 2.63. The summed E-state index contributed by atoms with van der Waals surface area (Å²) in [5.74, 6) is -0.911. The zero-order valence-electron chi connectivity index (χ0n) is 13.2. The minimum Gasteiger partial charge on any atom is -0.478 e. The molecule has 2 N–H and O–H groups in total. The molecule has 1 aliphatic heterocycles. The van der Waals surface area contributed by atoms with Crippen molar-refractivity contribution in [1.82, 2.24) is 4.98 Å². The van der Waals surface area contributed by atoms with Crippen LogP contribution >= 0.6 is 0 Å². The van der Waals surface area contributed by atoms with Crippen LogP contribution in [0.4, 0.5) is 5.69 Å². The number of aromatic carboxylic acids is 1. The number of hydrogen-bond acceptors (Lipinski definition) is 3. The lowest BCUT2D eigenvalue weighted by Gasteiger charge is -2.29. The van der Waals surface area contributed by atoms with Gasteiger partial charge in [0.05, 0.1) is 18.8 Å². The number of benzene rings is 2. The first-order valence-corrected chi connectivity index (χ1v) is 8.00. The smallest absolute Gasteiger partial charge is 0.335 e. The number of aromatic amines is 1. The van der Waals surface area contributed by atoms with Crippen LogP contribution in [-0.4, -0.2) is 42.4 Å². The van der Waals surface area contributed by atoms with Gasteiger partial charge in [0.1, 0.15) is 0 Å². The topological polar surface area (TPSA) is 65.6 Å². The molecule has 4 rings (SSSR count). The molecule has 2 aromatic carbocycles. The molecule has 0 unspecified atom stereocenters. The van der Waals surface area contributed by atoms with Crippen LogP contribution in [0.3, 0.4) is 0 Å². The van der Waals surface area contributed by atoms with Gasteiger partial charge < -0.3 is 19.7 Å². The van der Waals surface area contributed by atoms with Crippen molar-refractivity contribution in [2.24, 2.45) is 0 Å². The molecule has 0 bridgehead atoms. The molecule has 1 fully saturated rings. The Morgan fingerprint density at radius 3 is 2.75 bits per heavy atom. The van der Waals surface area contributed by atoms with Gasteiger partial charge in [-0.3, -0.25) is 0 Å². The van der Waals surface area contributed by atoms with E-state index in [0.29, 0.717) is 5.56 Å². The summed E-state index contributed by atoms with van der Waals surface area (Å²) in [5, 5.41) is 10.2. The first kappa shape index (κ1) is 14.8. The van der Waals surface area contributed by atoms with Crippen LogP contribution in [0.5, 0.6) is 0 Å². The predicted molar refractivity (Wildman–Crippen MR) is 93.7 cm³/mol. The second-order valence-corrected chi connectivity index (χ2v) is 5.92. The lowest BCUT2D eigenvalue weighted by Crippen LogP contribution is -2.36. The number of nitrogens with one attached hydrogen (secondary N) is 1. The molecule has 0 spiro atoms. The summed E-state index contributed by atoms with van der Waals surface area (Å²) in [7, 11) is 0. The lowest BCUT2D eigenvalue weighted by molar-refractivity contribution is 0.0697. The number of rotatable bonds is 3. The van der Waals surface area contributed by atoms with E-state index in [1.807, 2.05) is 18.3 Å². The Balaban J connectivity index is 1.77. The van der Waals surface area contributed by atoms with Gasteiger partial charge in [-0.1, -0.05) is 12.1 Å². The van der Waals surface area contributed by atoms with E-state index >= 15 is 0 Å². The van der Waals surface area contributed by atoms with Gasteiger partial charge in [0.2, 0.25) is 0 Å². The van der Waals surface area contributed by atoms with E-state index in [2.05, 4.69) is 28.1 Å². The average molecular weight is 322 g/mol. The molecule has 1 saturated heterocycles. The summed E-state index contributed by atoms with van der Waals surface area (Å²) in [4.78, 5) is 16.8. The number of hydrogen-bond donors (Lipinski definition) is 2. The molecule has 0 aliphatic carbocycles. The second-order valence-electron chi connectivity index (χ2n) is 5.92. The van der Waals surface area contributed by atoms with E-state index in [-0.39, 0.29) is 0 Å². The quantitative estimate of drug-likeness (QED) is 0.776. The fourth-order valence-electron chi connectivity index (χ4n) is 3.18. The van der Waals surface area contributed by atoms with Crippen molar-refractivity contribution < 1.29 is 14.6 Å². The van der Waals surface area contributed by atoms with Crippen LogP contribution in [0.2, 0.25) is 0 Å². The summed E-state index contributed by atoms with van der Waals surface area (Å²) in [6, 6.07) is 13.5. The minimum absolute atomic E-state index is 0.299. The van der Waals surface area contributed by atoms with Gasteiger partial charge in [0.15, 0.2) is 0 Å². The molecule has 122 valence electrons. The molecule has 1 aliphatic rings. The van der Waals surface area contributed by atoms with Crippen molar-refractivity contribution in [1.29, 1.82) is 0 Å². The van der Waals surface area contributed by atoms with Crippen molar-refractivity contribution in [2.75, 3.05) is 31.2 Å². The Labute approximate surface area is 139 Å². The average Bonchev–Trinajstić information content (AvgIpc) is 3.05. The van der Waals surface area contributed by atoms with Gasteiger partial charge in [-0.25, -0.2) is 4.79 Å². The van der Waals surface area contributed by atoms with E-state index < -0.39 is 5.97 Å². The molecule has 0 radical (unpaired) electrons. The molecule has 0 amide bonds. The monoisotopic (exact) mass is 322 g/mol. The fourth-order valence-corrected chi connectivity index (χ4v) is 3.18. The molecule has 2 heterocycles. The highest BCUT2D eigenvalue weighted by Gasteiger charge is 2.14. The summed E-state index contributed by atoms with van der Waals surface area (Å²) >= 11 is 0. The van der Waals surface area contributed by atoms with Crippen LogP contribution in [0.1, 0.15) is 10.4 Å². The molecular formula is C19H18N2O3. The second kappa shape index (κ2) is 6.02. The lowest BCUT2D eigenvalue weighted by atomic mass is 10.0. The first-order valence-electron chi connectivity index (χ1n) is 8.00. The van der Waals surface area contributed by atoms with Crippen molar-refractivity contribution in [3.63, 3.8) is 0 Å². The Bertz CT molecular complexity index is 895. The number of aromatic nitrogens is 1. The van der Waals surface area contributed by atoms with E-state index in [0.717, 1.165) is 48.3 Å². The summed E-state index contributed by atoms with van der Waals surface area (Å²) in [6.45, 7) is 3.28. The van der Waals surface area contributed by atoms with Crippen LogP contribution < -0.4 is 4.90 Å². The van der Waals surface area contributed by atoms with Gasteiger partial charge >= 0.3 is 5.97 Å². The van der Waals surface area contributed by atoms with E-state index in [1.54, 1.807) is 12.1 Å². The molecule has 1 aromatic heterocycles. The number of carbonyl (C=O) groups is 1. The van der Waals surface area contributed by atoms with Gasteiger partial charge in [0.25, 0.3) is 0 Å². The number of morpholine rings is 1. The van der Waals surface area contributed by atoms with Crippen LogP contribution in [0.15, 0.2) is 48.7 Å². The maximum Gasteiger partial charge on any atom is 0.335 e. The van der Waals surface area contributed by atoms with Gasteiger partial charge in [-0.05, 0) is 35.9 Å². The van der Waals surface area contributed by atoms with Crippen LogP contribution in [0.25, 0.3) is 22.0 Å². The van der Waals surface area contributed by atoms with Crippen molar-refractivity contribution in [3.05, 3.63) is 54.2 Å². The Morgan fingerprint density at radius 1 is 1.12 bits per heavy atom. The predicted octanol–water partition coefficient (Wildman–Crippen LogP) is 3.37. The number of ether oxygens (including phenoxy) is 1. The maximum absolute atomic E-state index is 11.2. The third-order valence-electron chi connectivity index (χ3n) is 4.46. The SMILES string of the molecule is O=C(O)c1ccc2[nH]cc(-c3cccc(N4CCOCC4)c3)c2c1. The van der Waals surface area contributed by atoms with Gasteiger partial charge in [-0.2, -0.15) is 0 Å². The standard InChI is InChI=1S/C19H18N2O3/c22-19(23)14-4-5-18-16(11-14)17(12-20-18)13-2-1-3-15(10-13)21-6-8-24-9-7-21/h1-5,10-12,20H,6-9H2,(H,22,23). The molecule has 0 saturated carbocycles. The largest absolute Gasteiger partial charge is 0.478 e. The zero-order valence-corrected chi connectivity index (χ0v) is 13.2.